The predicted molar refractivity (Wildman–Crippen MR) is 351 cm³/mol. The molecule has 2 fully saturated rings. The van der Waals surface area contributed by atoms with Gasteiger partial charge in [-0.25, -0.2) is 68.8 Å². The molecule has 0 saturated carbocycles. The Morgan fingerprint density at radius 3 is 1.13 bits per heavy atom. The Morgan fingerprint density at radius 2 is 0.859 bits per heavy atom. The number of halogens is 2. The number of alkyl halides is 1. The minimum atomic E-state index is -0.505. The fraction of sp³-hybridized carbons (Fsp3) is 0.156. The van der Waals surface area contributed by atoms with E-state index in [1.807, 2.05) is 91.4 Å². The number of aromatic amines is 1. The molecule has 0 aliphatic carbocycles. The highest BCUT2D eigenvalue weighted by atomic mass is 35.5. The lowest BCUT2D eigenvalue weighted by molar-refractivity contribution is -0.191. The zero-order valence-corrected chi connectivity index (χ0v) is 54.3. The third-order valence-corrected chi connectivity index (χ3v) is 13.2. The monoisotopic (exact) mass is 1390 g/mol. The maximum Gasteiger partial charge on any atom is 0.339 e. The summed E-state index contributed by atoms with van der Waals surface area (Å²) in [4.78, 5) is 99.5. The lowest BCUT2D eigenvalue weighted by Crippen LogP contribution is -2.29. The molecule has 33 nitrogen and oxygen atoms in total. The molecule has 35 heteroatoms. The van der Waals surface area contributed by atoms with Gasteiger partial charge in [-0.2, -0.15) is 40.7 Å². The highest BCUT2D eigenvalue weighted by molar-refractivity contribution is 6.29. The molecular weight excluding hydrogens is 1330 g/mol. The van der Waals surface area contributed by atoms with Gasteiger partial charge in [0.25, 0.3) is 23.6 Å². The van der Waals surface area contributed by atoms with Crippen LogP contribution in [0.2, 0.25) is 5.15 Å². The summed E-state index contributed by atoms with van der Waals surface area (Å²) in [6, 6.07) is 32.3. The van der Waals surface area contributed by atoms with Gasteiger partial charge in [-0.1, -0.05) is 35.9 Å². The van der Waals surface area contributed by atoms with Crippen molar-refractivity contribution in [2.45, 2.75) is 51.4 Å². The van der Waals surface area contributed by atoms with Gasteiger partial charge in [-0.3, -0.25) is 39.2 Å². The molecule has 0 unspecified atom stereocenters. The van der Waals surface area contributed by atoms with E-state index < -0.39 is 23.8 Å². The second kappa shape index (κ2) is 40.2. The molecule has 2 aliphatic rings. The van der Waals surface area contributed by atoms with Crippen molar-refractivity contribution >= 4 is 58.8 Å². The number of hydroxylamine groups is 4. The Kier molecular flexibility index (Phi) is 30.1. The van der Waals surface area contributed by atoms with E-state index >= 15 is 0 Å². The normalized spacial score (nSPS) is 11.8. The minimum Gasteiger partial charge on any atom is -0.465 e. The molecule has 0 aromatic carbocycles. The molecule has 0 bridgehead atoms. The molecule has 12 aromatic heterocycles. The molecule has 14 rings (SSSR count). The van der Waals surface area contributed by atoms with Gasteiger partial charge in [0.05, 0.1) is 38.6 Å². The first-order valence-electron chi connectivity index (χ1n) is 29.2. The number of aliphatic hydroxyl groups excluding tert-OH is 1. The molecule has 0 radical (unpaired) electrons. The number of nitrogens with two attached hydrogens (primary N) is 1. The highest BCUT2D eigenvalue weighted by Gasteiger charge is 2.30. The fourth-order valence-electron chi connectivity index (χ4n) is 7.66. The summed E-state index contributed by atoms with van der Waals surface area (Å²) in [5.41, 5.74) is 4.34. The number of nitrogens with zero attached hydrogens (tertiary/aromatic N) is 19. The molecule has 99 heavy (non-hydrogen) atoms. The van der Waals surface area contributed by atoms with Gasteiger partial charge in [-0.05, 0) is 107 Å². The number of hydrogen-bond donors (Lipinski definition) is 4. The summed E-state index contributed by atoms with van der Waals surface area (Å²) in [6.07, 6.45) is 31.3. The van der Waals surface area contributed by atoms with Crippen LogP contribution in [0.15, 0.2) is 221 Å². The number of rotatable bonds is 14. The van der Waals surface area contributed by atoms with E-state index in [4.69, 9.17) is 44.3 Å². The van der Waals surface area contributed by atoms with E-state index in [2.05, 4.69) is 79.9 Å². The summed E-state index contributed by atoms with van der Waals surface area (Å²) in [5.74, 6) is 6.72. The molecular formula is C64H63Cl2N21O12. The minimum absolute atomic E-state index is 0.0202. The van der Waals surface area contributed by atoms with Crippen LogP contribution in [0.4, 0.5) is 0 Å². The van der Waals surface area contributed by atoms with Gasteiger partial charge < -0.3 is 14.6 Å². The largest absolute Gasteiger partial charge is 0.465 e. The zero-order chi connectivity index (χ0) is 70.6. The first-order valence-corrected chi connectivity index (χ1v) is 30.1. The van der Waals surface area contributed by atoms with E-state index in [0.717, 1.165) is 44.8 Å². The van der Waals surface area contributed by atoms with Crippen LogP contribution in [0, 0.1) is 0 Å². The van der Waals surface area contributed by atoms with E-state index in [1.165, 1.54) is 32.7 Å². The SMILES string of the molecule is COC(=O)c1ccc(-n2cccn2)nc1.COC(=O)c1ccc(Cl)nc1.ClCc1ccc(-n2cccn2)nc1.NOCc1ccc(-n2cccn2)nc1.O=C1CCC(=O)N1O.O=C1CCC(=O)N1OCc1ccc(-n2cccn2)nc1.OCc1ccc(-n2cccn2)nc1.c1cn[nH]c1. The smallest absolute Gasteiger partial charge is 0.339 e. The molecule has 2 aliphatic heterocycles. The lowest BCUT2D eigenvalue weighted by Gasteiger charge is -2.13. The van der Waals surface area contributed by atoms with Crippen LogP contribution in [0.1, 0.15) is 68.7 Å². The summed E-state index contributed by atoms with van der Waals surface area (Å²) >= 11 is 11.1. The number of amides is 4. The number of carbonyl (C=O) groups is 6. The second-order valence-corrected chi connectivity index (χ2v) is 20.1. The summed E-state index contributed by atoms with van der Waals surface area (Å²) < 4.78 is 17.3. The number of aromatic nitrogens is 18. The maximum absolute atomic E-state index is 11.4. The second-order valence-electron chi connectivity index (χ2n) is 19.4. The van der Waals surface area contributed by atoms with Crippen LogP contribution in [-0.4, -0.2) is 159 Å². The highest BCUT2D eigenvalue weighted by Crippen LogP contribution is 2.16. The Hall–Kier alpha value is -12.2. The van der Waals surface area contributed by atoms with Crippen LogP contribution in [-0.2, 0) is 64.0 Å². The van der Waals surface area contributed by atoms with Crippen molar-refractivity contribution in [3.8, 4) is 29.1 Å². The van der Waals surface area contributed by atoms with Gasteiger partial charge in [0.2, 0.25) is 0 Å². The van der Waals surface area contributed by atoms with Crippen LogP contribution in [0.25, 0.3) is 29.1 Å². The number of hydrogen-bond acceptors (Lipinski definition) is 25. The van der Waals surface area contributed by atoms with Crippen molar-refractivity contribution in [3.05, 3.63) is 259 Å². The van der Waals surface area contributed by atoms with Gasteiger partial charge in [0.1, 0.15) is 11.8 Å². The van der Waals surface area contributed by atoms with E-state index in [9.17, 15) is 28.8 Å². The van der Waals surface area contributed by atoms with Crippen LogP contribution < -0.4 is 5.90 Å². The standard InChI is InChI=1S/C13H12N4O3.C10H9N3O2.C9H8ClN3.C9H10N4O.C9H9N3O.C7H6ClNO2.C4H5NO3.C3H4N2/c18-12-4-5-13(19)17(12)20-9-10-2-3-11(14-8-10)16-7-1-6-15-16;1-15-10(14)8-3-4-9(11-7-8)13-6-2-5-12-13;10-6-8-2-3-9(11-7-8)13-5-1-4-12-13;10-14-7-8-2-3-9(11-6-8)13-5-1-4-12-13;13-7-8-2-3-9(10-6-8)12-5-1-4-11-12;1-11-7(10)5-2-3-6(8)9-4-5;6-3-1-2-4(7)5(3)8;1-2-4-5-3-1/h1-3,6-8H,4-5,9H2;2-7H,1H3;1-5,7H,6H2;1-6H,7,10H2;1-6,13H,7H2;2-4H,1H3;8H,1-2H2;1-3H,(H,4,5). The lowest BCUT2D eigenvalue weighted by atomic mass is 10.3. The van der Waals surface area contributed by atoms with Gasteiger partial charge in [0.15, 0.2) is 29.1 Å². The Balaban J connectivity index is 0.000000162. The summed E-state index contributed by atoms with van der Waals surface area (Å²) in [6.45, 7) is 0.517. The topological polar surface area (TPSA) is 407 Å². The molecule has 0 spiro atoms. The van der Waals surface area contributed by atoms with Crippen LogP contribution >= 0.6 is 23.2 Å². The average molecular weight is 1390 g/mol. The molecule has 2 saturated heterocycles. The van der Waals surface area contributed by atoms with Crippen LogP contribution in [0.3, 0.4) is 0 Å². The van der Waals surface area contributed by atoms with Crippen LogP contribution in [0.5, 0.6) is 0 Å². The van der Waals surface area contributed by atoms with Gasteiger partial charge in [-0.15, -0.1) is 11.6 Å². The van der Waals surface area contributed by atoms with E-state index in [0.29, 0.717) is 40.4 Å². The quantitative estimate of drug-likeness (QED) is 0.0217. The van der Waals surface area contributed by atoms with Gasteiger partial charge >= 0.3 is 11.9 Å². The number of imide groups is 2. The third kappa shape index (κ3) is 24.2. The van der Waals surface area contributed by atoms with Crippen molar-refractivity contribution in [1.82, 2.24) is 99.1 Å². The molecule has 4 amide bonds. The number of H-pyrrole nitrogens is 1. The van der Waals surface area contributed by atoms with E-state index in [1.54, 1.807) is 134 Å². The number of esters is 2. The Labute approximate surface area is 573 Å². The Morgan fingerprint density at radius 1 is 0.485 bits per heavy atom. The molecule has 12 aromatic rings. The summed E-state index contributed by atoms with van der Waals surface area (Å²) in [7, 11) is 2.65. The Bertz CT molecular complexity index is 4150. The number of aliphatic hydroxyl groups is 1. The van der Waals surface area contributed by atoms with Crippen molar-refractivity contribution in [2.75, 3.05) is 14.2 Å². The predicted octanol–water partition coefficient (Wildman–Crippen LogP) is 6.78. The van der Waals surface area contributed by atoms with Gasteiger partial charge in [0, 0.05) is 143 Å². The first-order chi connectivity index (χ1) is 48.2. The molecule has 5 N–H and O–H groups in total. The van der Waals surface area contributed by atoms with Crippen molar-refractivity contribution in [1.29, 1.82) is 0 Å². The number of ether oxygens (including phenoxy) is 2. The van der Waals surface area contributed by atoms with Crippen molar-refractivity contribution < 1.29 is 58.2 Å². The molecule has 0 atom stereocenters. The number of carbonyl (C=O) groups excluding carboxylic acids is 6. The number of pyridine rings is 6. The molecule has 14 heterocycles. The summed E-state index contributed by atoms with van der Waals surface area (Å²) in [5, 5.41) is 45.0. The first kappa shape index (κ1) is 74.2. The fourth-order valence-corrected chi connectivity index (χ4v) is 7.93. The average Bonchev–Trinajstić information content (AvgIpc) is 1.90. The van der Waals surface area contributed by atoms with Crippen molar-refractivity contribution in [2.24, 2.45) is 5.90 Å². The zero-order valence-electron chi connectivity index (χ0n) is 52.7. The maximum atomic E-state index is 11.4. The third-order valence-electron chi connectivity index (χ3n) is 12.6. The van der Waals surface area contributed by atoms with Crippen molar-refractivity contribution in [3.63, 3.8) is 0 Å². The number of methoxy groups -OCH3 is 2. The number of nitrogens with one attached hydrogen (secondary N) is 1. The van der Waals surface area contributed by atoms with E-state index in [-0.39, 0.29) is 55.8 Å². The molecule has 510 valence electrons.